The first-order chi connectivity index (χ1) is 12.7. The van der Waals surface area contributed by atoms with Gasteiger partial charge in [0.15, 0.2) is 0 Å². The van der Waals surface area contributed by atoms with Gasteiger partial charge in [0.05, 0.1) is 19.4 Å². The number of methoxy groups -OCH3 is 1. The Morgan fingerprint density at radius 2 is 1.96 bits per heavy atom. The molecule has 0 aliphatic heterocycles. The summed E-state index contributed by atoms with van der Waals surface area (Å²) in [6, 6.07) is 18.7. The number of nitrogens with zero attached hydrogens (tertiary/aromatic N) is 2. The van der Waals surface area contributed by atoms with E-state index in [2.05, 4.69) is 16.4 Å². The van der Waals surface area contributed by atoms with Gasteiger partial charge in [-0.2, -0.15) is 5.26 Å². The van der Waals surface area contributed by atoms with Crippen LogP contribution >= 0.6 is 11.3 Å². The van der Waals surface area contributed by atoms with E-state index < -0.39 is 6.04 Å². The number of ether oxygens (including phenoxy) is 1. The first-order valence-electron chi connectivity index (χ1n) is 8.04. The van der Waals surface area contributed by atoms with Crippen LogP contribution in [0.5, 0.6) is 5.75 Å². The van der Waals surface area contributed by atoms with E-state index in [4.69, 9.17) is 4.74 Å². The van der Waals surface area contributed by atoms with Crippen LogP contribution in [0.4, 0.5) is 0 Å². The fraction of sp³-hybridized carbons (Fsp3) is 0.150. The van der Waals surface area contributed by atoms with Crippen molar-refractivity contribution >= 4 is 17.2 Å². The number of thiazole rings is 1. The second kappa shape index (κ2) is 8.28. The molecule has 0 bridgehead atoms. The van der Waals surface area contributed by atoms with E-state index in [9.17, 15) is 10.1 Å². The number of benzene rings is 2. The quantitative estimate of drug-likeness (QED) is 0.725. The molecule has 0 saturated carbocycles. The summed E-state index contributed by atoms with van der Waals surface area (Å²) in [6.45, 7) is 0. The van der Waals surface area contributed by atoms with E-state index in [-0.39, 0.29) is 5.91 Å². The third-order valence-electron chi connectivity index (χ3n) is 3.81. The van der Waals surface area contributed by atoms with Crippen LogP contribution in [0.2, 0.25) is 0 Å². The number of hydrogen-bond donors (Lipinski definition) is 1. The fourth-order valence-electron chi connectivity index (χ4n) is 2.45. The number of aromatic nitrogens is 1. The number of amides is 1. The van der Waals surface area contributed by atoms with Gasteiger partial charge in [0.1, 0.15) is 21.7 Å². The SMILES string of the molecule is COc1ccc(-c2ncc(C(=O)N[C@H](C#N)Cc3ccccc3)s2)cc1. The molecule has 1 N–H and O–H groups in total. The Bertz CT molecular complexity index is 914. The van der Waals surface area contributed by atoms with Gasteiger partial charge in [-0.15, -0.1) is 11.3 Å². The summed E-state index contributed by atoms with van der Waals surface area (Å²) in [7, 11) is 1.61. The molecule has 6 heteroatoms. The van der Waals surface area contributed by atoms with Crippen LogP contribution in [-0.4, -0.2) is 24.0 Å². The average Bonchev–Trinajstić information content (AvgIpc) is 3.18. The summed E-state index contributed by atoms with van der Waals surface area (Å²) in [4.78, 5) is 17.2. The second-order valence-corrected chi connectivity index (χ2v) is 6.63. The van der Waals surface area contributed by atoms with Gasteiger partial charge in [-0.05, 0) is 29.8 Å². The lowest BCUT2D eigenvalue weighted by atomic mass is 10.1. The number of nitriles is 1. The van der Waals surface area contributed by atoms with E-state index in [1.54, 1.807) is 7.11 Å². The largest absolute Gasteiger partial charge is 0.497 e. The molecule has 1 atom stereocenters. The second-order valence-electron chi connectivity index (χ2n) is 5.60. The van der Waals surface area contributed by atoms with Crippen molar-refractivity contribution in [3.05, 3.63) is 71.2 Å². The molecular formula is C20H17N3O2S. The number of hydrogen-bond acceptors (Lipinski definition) is 5. The maximum Gasteiger partial charge on any atom is 0.264 e. The van der Waals surface area contributed by atoms with Crippen molar-refractivity contribution in [1.29, 1.82) is 5.26 Å². The fourth-order valence-corrected chi connectivity index (χ4v) is 3.28. The van der Waals surface area contributed by atoms with E-state index in [0.717, 1.165) is 21.9 Å². The van der Waals surface area contributed by atoms with Crippen LogP contribution in [0.15, 0.2) is 60.8 Å². The van der Waals surface area contributed by atoms with Gasteiger partial charge >= 0.3 is 0 Å². The minimum atomic E-state index is -0.587. The van der Waals surface area contributed by atoms with Gasteiger partial charge in [-0.1, -0.05) is 30.3 Å². The highest BCUT2D eigenvalue weighted by atomic mass is 32.1. The molecule has 0 aliphatic carbocycles. The zero-order valence-corrected chi connectivity index (χ0v) is 15.0. The molecule has 5 nitrogen and oxygen atoms in total. The lowest BCUT2D eigenvalue weighted by Crippen LogP contribution is -2.34. The van der Waals surface area contributed by atoms with Gasteiger partial charge < -0.3 is 10.1 Å². The summed E-state index contributed by atoms with van der Waals surface area (Å²) >= 11 is 1.29. The lowest BCUT2D eigenvalue weighted by molar-refractivity contribution is 0.0949. The Kier molecular flexibility index (Phi) is 5.62. The van der Waals surface area contributed by atoms with E-state index in [1.165, 1.54) is 17.5 Å². The van der Waals surface area contributed by atoms with E-state index in [1.807, 2.05) is 54.6 Å². The molecule has 0 radical (unpaired) electrons. The molecule has 0 unspecified atom stereocenters. The van der Waals surface area contributed by atoms with Crippen molar-refractivity contribution in [2.75, 3.05) is 7.11 Å². The molecule has 0 spiro atoms. The van der Waals surface area contributed by atoms with Gasteiger partial charge in [0, 0.05) is 12.0 Å². The zero-order chi connectivity index (χ0) is 18.4. The summed E-state index contributed by atoms with van der Waals surface area (Å²) in [5.74, 6) is 0.478. The molecule has 2 aromatic carbocycles. The van der Waals surface area contributed by atoms with Crippen LogP contribution in [-0.2, 0) is 6.42 Å². The highest BCUT2D eigenvalue weighted by molar-refractivity contribution is 7.16. The number of carbonyl (C=O) groups is 1. The van der Waals surface area contributed by atoms with E-state index in [0.29, 0.717) is 11.3 Å². The number of carbonyl (C=O) groups excluding carboxylic acids is 1. The minimum Gasteiger partial charge on any atom is -0.497 e. The van der Waals surface area contributed by atoms with Crippen molar-refractivity contribution in [1.82, 2.24) is 10.3 Å². The summed E-state index contributed by atoms with van der Waals surface area (Å²) in [6.07, 6.45) is 2.00. The van der Waals surface area contributed by atoms with Gasteiger partial charge in [-0.25, -0.2) is 4.98 Å². The molecule has 1 aromatic heterocycles. The van der Waals surface area contributed by atoms with Crippen LogP contribution in [0, 0.1) is 11.3 Å². The van der Waals surface area contributed by atoms with Gasteiger partial charge in [0.2, 0.25) is 0 Å². The molecule has 130 valence electrons. The topological polar surface area (TPSA) is 75.0 Å². The van der Waals surface area contributed by atoms with Crippen molar-refractivity contribution in [2.24, 2.45) is 0 Å². The third-order valence-corrected chi connectivity index (χ3v) is 4.86. The molecule has 0 saturated heterocycles. The van der Waals surface area contributed by atoms with E-state index >= 15 is 0 Å². The summed E-state index contributed by atoms with van der Waals surface area (Å²) in [5.41, 5.74) is 1.92. The Labute approximate surface area is 155 Å². The van der Waals surface area contributed by atoms with Crippen LogP contribution in [0.25, 0.3) is 10.6 Å². The maximum absolute atomic E-state index is 12.4. The molecule has 0 fully saturated rings. The highest BCUT2D eigenvalue weighted by Gasteiger charge is 2.16. The maximum atomic E-state index is 12.4. The molecule has 1 amide bonds. The van der Waals surface area contributed by atoms with Crippen LogP contribution in [0.1, 0.15) is 15.2 Å². The first kappa shape index (κ1) is 17.6. The summed E-state index contributed by atoms with van der Waals surface area (Å²) in [5, 5.41) is 12.8. The lowest BCUT2D eigenvalue weighted by Gasteiger charge is -2.10. The molecule has 3 rings (SSSR count). The zero-order valence-electron chi connectivity index (χ0n) is 14.2. The molecule has 1 heterocycles. The van der Waals surface area contributed by atoms with Gasteiger partial charge in [-0.3, -0.25) is 4.79 Å². The molecular weight excluding hydrogens is 346 g/mol. The summed E-state index contributed by atoms with van der Waals surface area (Å²) < 4.78 is 5.14. The van der Waals surface area contributed by atoms with Crippen molar-refractivity contribution in [3.63, 3.8) is 0 Å². The Morgan fingerprint density at radius 3 is 2.62 bits per heavy atom. The van der Waals surface area contributed by atoms with Gasteiger partial charge in [0.25, 0.3) is 5.91 Å². The Balaban J connectivity index is 1.68. The Hall–Kier alpha value is -3.17. The normalized spacial score (nSPS) is 11.4. The number of nitrogens with one attached hydrogen (secondary N) is 1. The number of rotatable bonds is 6. The van der Waals surface area contributed by atoms with Crippen molar-refractivity contribution < 1.29 is 9.53 Å². The molecule has 3 aromatic rings. The average molecular weight is 363 g/mol. The Morgan fingerprint density at radius 1 is 1.23 bits per heavy atom. The molecule has 26 heavy (non-hydrogen) atoms. The van der Waals surface area contributed by atoms with Crippen LogP contribution in [0.3, 0.4) is 0 Å². The monoisotopic (exact) mass is 363 g/mol. The predicted molar refractivity (Wildman–Crippen MR) is 101 cm³/mol. The van der Waals surface area contributed by atoms with Crippen molar-refractivity contribution in [2.45, 2.75) is 12.5 Å². The smallest absolute Gasteiger partial charge is 0.264 e. The molecule has 0 aliphatic rings. The highest BCUT2D eigenvalue weighted by Crippen LogP contribution is 2.26. The first-order valence-corrected chi connectivity index (χ1v) is 8.86. The minimum absolute atomic E-state index is 0.287. The third kappa shape index (κ3) is 4.26. The predicted octanol–water partition coefficient (Wildman–Crippen LogP) is 3.68. The van der Waals surface area contributed by atoms with Crippen molar-refractivity contribution in [3.8, 4) is 22.4 Å². The van der Waals surface area contributed by atoms with Crippen LogP contribution < -0.4 is 10.1 Å². The standard InChI is InChI=1S/C20H17N3O2S/c1-25-17-9-7-15(8-10-17)20-22-13-18(26-20)19(24)23-16(12-21)11-14-5-3-2-4-6-14/h2-10,13,16H,11H2,1H3,(H,23,24)/t16-/m0/s1.